The van der Waals surface area contributed by atoms with Crippen molar-refractivity contribution in [3.8, 4) is 0 Å². The Morgan fingerprint density at radius 1 is 0.778 bits per heavy atom. The third-order valence-electron chi connectivity index (χ3n) is 5.77. The first-order chi connectivity index (χ1) is 16.8. The van der Waals surface area contributed by atoms with Crippen molar-refractivity contribution in [2.24, 2.45) is 0 Å². The summed E-state index contributed by atoms with van der Waals surface area (Å²) in [6.07, 6.45) is 9.40. The largest absolute Gasteiger partial charge is 0.464 e. The Labute approximate surface area is 209 Å². The van der Waals surface area contributed by atoms with Gasteiger partial charge in [0.05, 0.1) is 6.61 Å². The second kappa shape index (κ2) is 17.6. The van der Waals surface area contributed by atoms with E-state index in [4.69, 9.17) is 4.74 Å². The fourth-order valence-corrected chi connectivity index (χ4v) is 3.52. The van der Waals surface area contributed by atoms with Crippen molar-refractivity contribution < 1.29 is 45.1 Å². The molecular formula is C25H40F7NO3. The molecule has 0 aliphatic heterocycles. The molecular weight excluding hydrogens is 495 g/mol. The Balaban J connectivity index is 4.17. The van der Waals surface area contributed by atoms with Gasteiger partial charge in [0.25, 0.3) is 5.91 Å². The third-order valence-corrected chi connectivity index (χ3v) is 5.77. The molecule has 0 spiro atoms. The van der Waals surface area contributed by atoms with E-state index in [2.05, 4.69) is 13.5 Å². The summed E-state index contributed by atoms with van der Waals surface area (Å²) in [6, 6.07) is -1.86. The normalized spacial score (nSPS) is 13.3. The van der Waals surface area contributed by atoms with Crippen molar-refractivity contribution in [2.75, 3.05) is 6.61 Å². The highest BCUT2D eigenvalue weighted by Gasteiger charge is 2.76. The maximum atomic E-state index is 13.5. The van der Waals surface area contributed by atoms with E-state index in [1.807, 2.05) is 0 Å². The van der Waals surface area contributed by atoms with Crippen molar-refractivity contribution in [3.63, 3.8) is 0 Å². The lowest BCUT2D eigenvalue weighted by Gasteiger charge is -2.28. The average molecular weight is 536 g/mol. The highest BCUT2D eigenvalue weighted by atomic mass is 19.4. The van der Waals surface area contributed by atoms with Crippen LogP contribution in [0.4, 0.5) is 30.7 Å². The van der Waals surface area contributed by atoms with Gasteiger partial charge in [-0.25, -0.2) is 4.79 Å². The third kappa shape index (κ3) is 12.4. The molecule has 0 aromatic carbocycles. The second-order valence-electron chi connectivity index (χ2n) is 8.96. The second-order valence-corrected chi connectivity index (χ2v) is 8.96. The van der Waals surface area contributed by atoms with E-state index in [1.54, 1.807) is 0 Å². The van der Waals surface area contributed by atoms with Crippen LogP contribution in [-0.2, 0) is 14.3 Å². The first kappa shape index (κ1) is 34.2. The Bertz CT molecular complexity index is 640. The van der Waals surface area contributed by atoms with Crippen LogP contribution in [0, 0.1) is 0 Å². The van der Waals surface area contributed by atoms with Crippen LogP contribution < -0.4 is 5.32 Å². The van der Waals surface area contributed by atoms with Crippen LogP contribution in [0.3, 0.4) is 0 Å². The molecule has 0 fully saturated rings. The fourth-order valence-electron chi connectivity index (χ4n) is 3.52. The Morgan fingerprint density at radius 3 is 1.58 bits per heavy atom. The molecule has 1 N–H and O–H groups in total. The van der Waals surface area contributed by atoms with Crippen LogP contribution in [0.15, 0.2) is 12.7 Å². The lowest BCUT2D eigenvalue weighted by atomic mass is 10.0. The van der Waals surface area contributed by atoms with Gasteiger partial charge < -0.3 is 10.1 Å². The summed E-state index contributed by atoms with van der Waals surface area (Å²) in [5, 5.41) is 1.22. The van der Waals surface area contributed by atoms with Gasteiger partial charge in [-0.3, -0.25) is 4.79 Å². The summed E-state index contributed by atoms with van der Waals surface area (Å²) in [6.45, 7) is 5.34. The summed E-state index contributed by atoms with van der Waals surface area (Å²) in [4.78, 5) is 23.5. The van der Waals surface area contributed by atoms with Crippen molar-refractivity contribution in [1.82, 2.24) is 5.32 Å². The van der Waals surface area contributed by atoms with Crippen LogP contribution in [0.25, 0.3) is 0 Å². The molecule has 212 valence electrons. The number of amides is 1. The smallest absolute Gasteiger partial charge is 0.460 e. The van der Waals surface area contributed by atoms with E-state index in [0.717, 1.165) is 38.2 Å². The first-order valence-corrected chi connectivity index (χ1v) is 12.7. The Hall–Kier alpha value is -1.81. The first-order valence-electron chi connectivity index (χ1n) is 12.7. The van der Waals surface area contributed by atoms with Gasteiger partial charge in [0.1, 0.15) is 6.04 Å². The van der Waals surface area contributed by atoms with Gasteiger partial charge in [-0.1, -0.05) is 96.5 Å². The number of ether oxygens (including phenoxy) is 1. The van der Waals surface area contributed by atoms with Crippen molar-refractivity contribution in [1.29, 1.82) is 0 Å². The number of hydrogen-bond donors (Lipinski definition) is 1. The van der Waals surface area contributed by atoms with Gasteiger partial charge in [-0.2, -0.15) is 30.7 Å². The molecule has 11 heteroatoms. The summed E-state index contributed by atoms with van der Waals surface area (Å²) in [5.74, 6) is -16.9. The number of carbonyl (C=O) groups is 2. The molecule has 36 heavy (non-hydrogen) atoms. The number of unbranched alkanes of at least 4 members (excludes halogenated alkanes) is 13. The van der Waals surface area contributed by atoms with Crippen LogP contribution in [0.5, 0.6) is 0 Å². The average Bonchev–Trinajstić information content (AvgIpc) is 2.80. The Morgan fingerprint density at radius 2 is 1.19 bits per heavy atom. The Kier molecular flexibility index (Phi) is 16.7. The molecule has 0 bridgehead atoms. The molecule has 0 saturated carbocycles. The molecule has 0 radical (unpaired) electrons. The van der Waals surface area contributed by atoms with Crippen LogP contribution >= 0.6 is 0 Å². The zero-order valence-electron chi connectivity index (χ0n) is 21.0. The highest BCUT2D eigenvalue weighted by Crippen LogP contribution is 2.46. The molecule has 1 atom stereocenters. The molecule has 0 aromatic rings. The number of halogens is 7. The zero-order chi connectivity index (χ0) is 27.7. The molecule has 4 nitrogen and oxygen atoms in total. The molecule has 1 unspecified atom stereocenters. The van der Waals surface area contributed by atoms with Crippen molar-refractivity contribution in [3.05, 3.63) is 12.7 Å². The summed E-state index contributed by atoms with van der Waals surface area (Å²) in [7, 11) is 0. The van der Waals surface area contributed by atoms with E-state index in [1.165, 1.54) is 56.7 Å². The molecule has 0 rings (SSSR count). The lowest BCUT2D eigenvalue weighted by Crippen LogP contribution is -2.61. The minimum atomic E-state index is -6.66. The monoisotopic (exact) mass is 535 g/mol. The summed E-state index contributed by atoms with van der Waals surface area (Å²) >= 11 is 0. The van der Waals surface area contributed by atoms with E-state index >= 15 is 0 Å². The van der Waals surface area contributed by atoms with Crippen LogP contribution in [0.1, 0.15) is 103 Å². The van der Waals surface area contributed by atoms with E-state index < -0.39 is 42.4 Å². The summed E-state index contributed by atoms with van der Waals surface area (Å²) < 4.78 is 94.7. The van der Waals surface area contributed by atoms with E-state index in [-0.39, 0.29) is 6.61 Å². The molecule has 0 aliphatic carbocycles. The molecule has 0 aliphatic rings. The number of rotatable bonds is 21. The predicted molar refractivity (Wildman–Crippen MR) is 124 cm³/mol. The van der Waals surface area contributed by atoms with Gasteiger partial charge in [-0.05, 0) is 12.8 Å². The van der Waals surface area contributed by atoms with Gasteiger partial charge in [-0.15, -0.1) is 6.58 Å². The van der Waals surface area contributed by atoms with Gasteiger partial charge in [0.15, 0.2) is 0 Å². The standard InChI is InChI=1S/C25H40F7NO3/c1-3-5-6-7-8-9-10-11-12-13-14-15-16-17-19-36-21(34)20(18-4-2)33-22(35)23(26,27)24(28,29)25(30,31)32/h4,20H,2-3,5-19H2,1H3,(H,33,35). The van der Waals surface area contributed by atoms with Crippen LogP contribution in [-0.4, -0.2) is 42.5 Å². The van der Waals surface area contributed by atoms with Gasteiger partial charge in [0.2, 0.25) is 0 Å². The molecule has 0 saturated heterocycles. The minimum absolute atomic E-state index is 0.102. The molecule has 1 amide bonds. The quantitative estimate of drug-likeness (QED) is 0.0703. The maximum absolute atomic E-state index is 13.5. The number of esters is 1. The van der Waals surface area contributed by atoms with Crippen molar-refractivity contribution >= 4 is 11.9 Å². The fraction of sp³-hybridized carbons (Fsp3) is 0.840. The summed E-state index contributed by atoms with van der Waals surface area (Å²) in [5.41, 5.74) is 0. The maximum Gasteiger partial charge on any atom is 0.460 e. The van der Waals surface area contributed by atoms with Gasteiger partial charge >= 0.3 is 24.0 Å². The zero-order valence-corrected chi connectivity index (χ0v) is 21.0. The van der Waals surface area contributed by atoms with E-state index in [0.29, 0.717) is 6.42 Å². The SMILES string of the molecule is C=CCC(NC(=O)C(F)(F)C(F)(F)C(F)(F)F)C(=O)OCCCCCCCCCCCCCCCC. The molecule has 0 aromatic heterocycles. The predicted octanol–water partition coefficient (Wildman–Crippen LogP) is 7.90. The lowest BCUT2D eigenvalue weighted by molar-refractivity contribution is -0.344. The highest BCUT2D eigenvalue weighted by molar-refractivity contribution is 5.89. The minimum Gasteiger partial charge on any atom is -0.464 e. The topological polar surface area (TPSA) is 55.4 Å². The van der Waals surface area contributed by atoms with Crippen molar-refractivity contribution in [2.45, 2.75) is 127 Å². The number of hydrogen-bond acceptors (Lipinski definition) is 3. The van der Waals surface area contributed by atoms with Crippen LogP contribution in [0.2, 0.25) is 0 Å². The number of alkyl halides is 7. The molecule has 0 heterocycles. The van der Waals surface area contributed by atoms with Gasteiger partial charge in [0, 0.05) is 0 Å². The number of carbonyl (C=O) groups excluding carboxylic acids is 2. The number of nitrogens with one attached hydrogen (secondary N) is 1. The van der Waals surface area contributed by atoms with E-state index in [9.17, 15) is 40.3 Å².